The molecule has 0 bridgehead atoms. The summed E-state index contributed by atoms with van der Waals surface area (Å²) in [6, 6.07) is 19.3. The second-order valence-electron chi connectivity index (χ2n) is 6.17. The number of nitrogens with one attached hydrogen (secondary N) is 2. The summed E-state index contributed by atoms with van der Waals surface area (Å²) >= 11 is 0. The Morgan fingerprint density at radius 2 is 1.52 bits per heavy atom. The largest absolute Gasteiger partial charge is 0.343 e. The van der Waals surface area contributed by atoms with Gasteiger partial charge in [0.1, 0.15) is 0 Å². The summed E-state index contributed by atoms with van der Waals surface area (Å²) in [6.07, 6.45) is 0. The maximum atomic E-state index is 12.2. The van der Waals surface area contributed by atoms with Crippen LogP contribution in [-0.4, -0.2) is 18.4 Å². The van der Waals surface area contributed by atoms with Crippen molar-refractivity contribution in [2.45, 2.75) is 13.8 Å². The van der Waals surface area contributed by atoms with Gasteiger partial charge in [-0.25, -0.2) is 0 Å². The van der Waals surface area contributed by atoms with Crippen LogP contribution < -0.4 is 10.6 Å². The van der Waals surface area contributed by atoms with E-state index in [2.05, 4.69) is 10.6 Å². The van der Waals surface area contributed by atoms with Crippen LogP contribution in [0.3, 0.4) is 0 Å². The van der Waals surface area contributed by atoms with Crippen LogP contribution in [0.1, 0.15) is 21.5 Å². The molecule has 0 radical (unpaired) electrons. The normalized spacial score (nSPS) is 10.5. The molecule has 3 aromatic rings. The van der Waals surface area contributed by atoms with E-state index in [4.69, 9.17) is 0 Å². The molecule has 2 N–H and O–H groups in total. The first kappa shape index (κ1) is 16.7. The van der Waals surface area contributed by atoms with Gasteiger partial charge in [-0.1, -0.05) is 47.5 Å². The number of aryl methyl sites for hydroxylation is 2. The molecule has 126 valence electrons. The van der Waals surface area contributed by atoms with E-state index in [0.717, 1.165) is 21.9 Å². The van der Waals surface area contributed by atoms with Crippen molar-refractivity contribution in [2.75, 3.05) is 11.9 Å². The Morgan fingerprint density at radius 3 is 2.24 bits per heavy atom. The van der Waals surface area contributed by atoms with Gasteiger partial charge in [0.25, 0.3) is 5.91 Å². The van der Waals surface area contributed by atoms with Gasteiger partial charge in [-0.2, -0.15) is 0 Å². The van der Waals surface area contributed by atoms with E-state index in [1.54, 1.807) is 0 Å². The molecule has 0 atom stereocenters. The molecular formula is C21H20N2O2. The minimum Gasteiger partial charge on any atom is -0.343 e. The van der Waals surface area contributed by atoms with E-state index in [1.807, 2.05) is 74.5 Å². The van der Waals surface area contributed by atoms with Crippen LogP contribution in [0, 0.1) is 13.8 Å². The molecule has 0 spiro atoms. The Morgan fingerprint density at radius 1 is 0.840 bits per heavy atom. The molecule has 25 heavy (non-hydrogen) atoms. The smallest absolute Gasteiger partial charge is 0.251 e. The van der Waals surface area contributed by atoms with Crippen LogP contribution in [0.2, 0.25) is 0 Å². The van der Waals surface area contributed by atoms with Gasteiger partial charge >= 0.3 is 0 Å². The first-order valence-electron chi connectivity index (χ1n) is 8.16. The minimum absolute atomic E-state index is 0.0708. The summed E-state index contributed by atoms with van der Waals surface area (Å²) in [5, 5.41) is 7.64. The van der Waals surface area contributed by atoms with E-state index in [0.29, 0.717) is 11.3 Å². The van der Waals surface area contributed by atoms with Crippen molar-refractivity contribution in [3.8, 4) is 0 Å². The van der Waals surface area contributed by atoms with Crippen molar-refractivity contribution >= 4 is 28.3 Å². The molecule has 2 amide bonds. The van der Waals surface area contributed by atoms with Crippen LogP contribution in [-0.2, 0) is 4.79 Å². The lowest BCUT2D eigenvalue weighted by molar-refractivity contribution is -0.115. The van der Waals surface area contributed by atoms with Crippen LogP contribution in [0.25, 0.3) is 10.8 Å². The van der Waals surface area contributed by atoms with Gasteiger partial charge in [0.2, 0.25) is 5.91 Å². The summed E-state index contributed by atoms with van der Waals surface area (Å²) in [6.45, 7) is 3.81. The predicted molar refractivity (Wildman–Crippen MR) is 101 cm³/mol. The molecule has 0 aliphatic heterocycles. The van der Waals surface area contributed by atoms with Crippen LogP contribution >= 0.6 is 0 Å². The third-order valence-corrected chi connectivity index (χ3v) is 3.93. The van der Waals surface area contributed by atoms with Crippen LogP contribution in [0.15, 0.2) is 60.7 Å². The molecule has 0 aromatic heterocycles. The van der Waals surface area contributed by atoms with E-state index in [9.17, 15) is 9.59 Å². The maximum absolute atomic E-state index is 12.2. The zero-order valence-corrected chi connectivity index (χ0v) is 14.3. The number of hydrogen-bond acceptors (Lipinski definition) is 2. The predicted octanol–water partition coefficient (Wildman–Crippen LogP) is 3.83. The van der Waals surface area contributed by atoms with Gasteiger partial charge < -0.3 is 10.6 Å². The molecule has 4 nitrogen and oxygen atoms in total. The van der Waals surface area contributed by atoms with Crippen molar-refractivity contribution in [2.24, 2.45) is 0 Å². The van der Waals surface area contributed by atoms with Crippen molar-refractivity contribution in [3.63, 3.8) is 0 Å². The molecule has 0 saturated heterocycles. The lowest BCUT2D eigenvalue weighted by atomic mass is 10.1. The topological polar surface area (TPSA) is 58.2 Å². The molecule has 0 unspecified atom stereocenters. The molecule has 0 fully saturated rings. The number of benzene rings is 3. The molecule has 3 aromatic carbocycles. The van der Waals surface area contributed by atoms with Gasteiger partial charge in [0.05, 0.1) is 6.54 Å². The average Bonchev–Trinajstić information content (AvgIpc) is 2.58. The standard InChI is InChI=1S/C21H20N2O2/c1-14-9-15(2)11-18(10-14)21(25)22-13-20(24)23-19-8-7-16-5-3-4-6-17(16)12-19/h3-12H,13H2,1-2H3,(H,22,25)(H,23,24). The van der Waals surface area contributed by atoms with Crippen molar-refractivity contribution in [3.05, 3.63) is 77.4 Å². The Bertz CT molecular complexity index is 927. The first-order chi connectivity index (χ1) is 12.0. The summed E-state index contributed by atoms with van der Waals surface area (Å²) in [4.78, 5) is 24.3. The third-order valence-electron chi connectivity index (χ3n) is 3.93. The van der Waals surface area contributed by atoms with Crippen molar-refractivity contribution < 1.29 is 9.59 Å². The molecule has 0 heterocycles. The highest BCUT2D eigenvalue weighted by molar-refractivity contribution is 6.00. The van der Waals surface area contributed by atoms with Gasteiger partial charge in [0.15, 0.2) is 0 Å². The van der Waals surface area contributed by atoms with E-state index in [-0.39, 0.29) is 18.4 Å². The second-order valence-corrected chi connectivity index (χ2v) is 6.17. The van der Waals surface area contributed by atoms with Crippen LogP contribution in [0.4, 0.5) is 5.69 Å². The van der Waals surface area contributed by atoms with Crippen molar-refractivity contribution in [1.82, 2.24) is 5.32 Å². The lowest BCUT2D eigenvalue weighted by Crippen LogP contribution is -2.32. The number of hydrogen-bond donors (Lipinski definition) is 2. The zero-order valence-electron chi connectivity index (χ0n) is 14.3. The summed E-state index contributed by atoms with van der Waals surface area (Å²) in [7, 11) is 0. The SMILES string of the molecule is Cc1cc(C)cc(C(=O)NCC(=O)Nc2ccc3ccccc3c2)c1. The number of anilines is 1. The summed E-state index contributed by atoms with van der Waals surface area (Å²) in [5.41, 5.74) is 3.32. The number of rotatable bonds is 4. The highest BCUT2D eigenvalue weighted by Crippen LogP contribution is 2.18. The Kier molecular flexibility index (Phi) is 4.80. The molecular weight excluding hydrogens is 312 g/mol. The summed E-state index contributed by atoms with van der Waals surface area (Å²) < 4.78 is 0. The molecule has 3 rings (SSSR count). The fourth-order valence-electron chi connectivity index (χ4n) is 2.84. The number of fused-ring (bicyclic) bond motifs is 1. The third kappa shape index (κ3) is 4.23. The number of amides is 2. The highest BCUT2D eigenvalue weighted by Gasteiger charge is 2.09. The van der Waals surface area contributed by atoms with Crippen LogP contribution in [0.5, 0.6) is 0 Å². The molecule has 0 aliphatic carbocycles. The van der Waals surface area contributed by atoms with Gasteiger partial charge in [-0.15, -0.1) is 0 Å². The molecule has 4 heteroatoms. The Balaban J connectivity index is 1.61. The van der Waals surface area contributed by atoms with E-state index >= 15 is 0 Å². The zero-order chi connectivity index (χ0) is 17.8. The van der Waals surface area contributed by atoms with E-state index < -0.39 is 0 Å². The monoisotopic (exact) mass is 332 g/mol. The fourth-order valence-corrected chi connectivity index (χ4v) is 2.84. The maximum Gasteiger partial charge on any atom is 0.251 e. The lowest BCUT2D eigenvalue weighted by Gasteiger charge is -2.09. The first-order valence-corrected chi connectivity index (χ1v) is 8.16. The van der Waals surface area contributed by atoms with E-state index in [1.165, 1.54) is 0 Å². The van der Waals surface area contributed by atoms with Crippen molar-refractivity contribution in [1.29, 1.82) is 0 Å². The number of carbonyl (C=O) groups excluding carboxylic acids is 2. The highest BCUT2D eigenvalue weighted by atomic mass is 16.2. The minimum atomic E-state index is -0.256. The quantitative estimate of drug-likeness (QED) is 0.763. The molecule has 0 aliphatic rings. The average molecular weight is 332 g/mol. The van der Waals surface area contributed by atoms with Gasteiger partial charge in [-0.05, 0) is 48.9 Å². The summed E-state index contributed by atoms with van der Waals surface area (Å²) in [5.74, 6) is -0.506. The Hall–Kier alpha value is -3.14. The Labute approximate surface area is 146 Å². The molecule has 0 saturated carbocycles. The fraction of sp³-hybridized carbons (Fsp3) is 0.143. The second kappa shape index (κ2) is 7.18. The van der Waals surface area contributed by atoms with Gasteiger partial charge in [-0.3, -0.25) is 9.59 Å². The van der Waals surface area contributed by atoms with Gasteiger partial charge in [0, 0.05) is 11.3 Å². The number of carbonyl (C=O) groups is 2.